The zero-order chi connectivity index (χ0) is 56.2. The van der Waals surface area contributed by atoms with Gasteiger partial charge >= 0.3 is 0 Å². The van der Waals surface area contributed by atoms with Gasteiger partial charge in [0.05, 0.1) is 44.6 Å². The first-order valence-corrected chi connectivity index (χ1v) is 30.1. The molecule has 15 aromatic rings. The number of aromatic nitrogens is 1. The van der Waals surface area contributed by atoms with E-state index in [9.17, 15) is 0 Å². The highest BCUT2D eigenvalue weighted by Gasteiger charge is 2.53. The summed E-state index contributed by atoms with van der Waals surface area (Å²) in [6.45, 7) is 0. The molecule has 2 nitrogen and oxygen atoms in total. The molecule has 2 heterocycles. The monoisotopic (exact) mass is 1090 g/mol. The zero-order valence-corrected chi connectivity index (χ0v) is 46.9. The van der Waals surface area contributed by atoms with Crippen molar-refractivity contribution in [3.63, 3.8) is 0 Å². The molecule has 86 heavy (non-hydrogen) atoms. The molecule has 2 heteroatoms. The van der Waals surface area contributed by atoms with Crippen LogP contribution in [-0.4, -0.2) is 4.57 Å². The van der Waals surface area contributed by atoms with Crippen LogP contribution in [0.4, 0.5) is 17.1 Å². The summed E-state index contributed by atoms with van der Waals surface area (Å²) in [6, 6.07) is 119. The predicted molar refractivity (Wildman–Crippen MR) is 356 cm³/mol. The fourth-order valence-corrected chi connectivity index (χ4v) is 16.6. The third-order valence-electron chi connectivity index (χ3n) is 19.8. The lowest BCUT2D eigenvalue weighted by atomic mass is 9.65. The smallest absolute Gasteiger partial charge is 0.0754 e. The van der Waals surface area contributed by atoms with E-state index in [1.165, 1.54) is 138 Å². The summed E-state index contributed by atoms with van der Waals surface area (Å²) in [5.41, 5.74) is 31.3. The Bertz CT molecular complexity index is 5340. The number of hydrogen-bond donors (Lipinski definition) is 0. The highest BCUT2D eigenvalue weighted by atomic mass is 15.2. The number of rotatable bonds is 6. The van der Waals surface area contributed by atoms with Gasteiger partial charge in [0.15, 0.2) is 0 Å². The van der Waals surface area contributed by atoms with Gasteiger partial charge in [0, 0.05) is 27.3 Å². The molecule has 1 aliphatic heterocycles. The van der Waals surface area contributed by atoms with E-state index in [1.54, 1.807) is 0 Å². The Balaban J connectivity index is 0.864. The van der Waals surface area contributed by atoms with Gasteiger partial charge in [0.2, 0.25) is 0 Å². The van der Waals surface area contributed by atoms with E-state index in [2.05, 4.69) is 325 Å². The molecule has 0 radical (unpaired) electrons. The first-order chi connectivity index (χ1) is 42.7. The van der Waals surface area contributed by atoms with Crippen molar-refractivity contribution in [2.45, 2.75) is 10.8 Å². The molecule has 4 aliphatic rings. The van der Waals surface area contributed by atoms with Crippen molar-refractivity contribution in [1.82, 2.24) is 4.57 Å². The highest BCUT2D eigenvalue weighted by Crippen LogP contribution is 2.66. The Kier molecular flexibility index (Phi) is 9.78. The van der Waals surface area contributed by atoms with Crippen LogP contribution in [0.25, 0.3) is 105 Å². The molecule has 19 rings (SSSR count). The molecule has 14 aromatic carbocycles. The fourth-order valence-electron chi connectivity index (χ4n) is 16.6. The number of hydrogen-bond acceptors (Lipinski definition) is 1. The van der Waals surface area contributed by atoms with Gasteiger partial charge in [0.1, 0.15) is 0 Å². The van der Waals surface area contributed by atoms with Gasteiger partial charge in [-0.05, 0) is 148 Å². The Labute approximate surface area is 499 Å². The summed E-state index contributed by atoms with van der Waals surface area (Å²) >= 11 is 0. The number of nitrogens with zero attached hydrogens (tertiary/aromatic N) is 2. The maximum Gasteiger partial charge on any atom is 0.0754 e. The molecule has 1 aromatic heterocycles. The van der Waals surface area contributed by atoms with Crippen LogP contribution in [0.15, 0.2) is 315 Å². The molecule has 0 N–H and O–H groups in total. The van der Waals surface area contributed by atoms with E-state index in [-0.39, 0.29) is 0 Å². The van der Waals surface area contributed by atoms with E-state index < -0.39 is 10.8 Å². The van der Waals surface area contributed by atoms with Crippen LogP contribution in [0.3, 0.4) is 0 Å². The number of benzene rings is 14. The van der Waals surface area contributed by atoms with Crippen LogP contribution >= 0.6 is 0 Å². The van der Waals surface area contributed by atoms with Crippen molar-refractivity contribution >= 4 is 49.6 Å². The van der Waals surface area contributed by atoms with Crippen LogP contribution in [-0.2, 0) is 10.8 Å². The van der Waals surface area contributed by atoms with Gasteiger partial charge in [0.25, 0.3) is 0 Å². The van der Waals surface area contributed by atoms with Gasteiger partial charge in [-0.3, -0.25) is 0 Å². The first-order valence-electron chi connectivity index (χ1n) is 30.1. The molecule has 0 bridgehead atoms. The molecule has 3 aliphatic carbocycles. The summed E-state index contributed by atoms with van der Waals surface area (Å²) in [4.78, 5) is 2.60. The molecule has 0 saturated carbocycles. The van der Waals surface area contributed by atoms with Crippen molar-refractivity contribution in [1.29, 1.82) is 0 Å². The van der Waals surface area contributed by atoms with Crippen molar-refractivity contribution in [3.8, 4) is 72.4 Å². The predicted octanol–water partition coefficient (Wildman–Crippen LogP) is 21.4. The summed E-state index contributed by atoms with van der Waals surface area (Å²) in [6.07, 6.45) is 0. The fraction of sp³-hybridized carbons (Fsp3) is 0.0238. The van der Waals surface area contributed by atoms with E-state index in [1.807, 2.05) is 0 Å². The molecule has 0 saturated heterocycles. The minimum absolute atomic E-state index is 0.512. The minimum Gasteiger partial charge on any atom is -0.309 e. The van der Waals surface area contributed by atoms with E-state index >= 15 is 0 Å². The van der Waals surface area contributed by atoms with Crippen LogP contribution in [0, 0.1) is 0 Å². The number of para-hydroxylation sites is 4. The Hall–Kier alpha value is -11.1. The average Bonchev–Trinajstić information content (AvgIpc) is 1.53. The van der Waals surface area contributed by atoms with Crippen molar-refractivity contribution in [2.24, 2.45) is 0 Å². The van der Waals surface area contributed by atoms with Gasteiger partial charge in [-0.15, -0.1) is 0 Å². The lowest BCUT2D eigenvalue weighted by Crippen LogP contribution is -2.33. The number of anilines is 3. The quantitative estimate of drug-likeness (QED) is 0.161. The molecular formula is C84H52N2. The normalized spacial score (nSPS) is 14.9. The highest BCUT2D eigenvalue weighted by molar-refractivity contribution is 6.14. The maximum absolute atomic E-state index is 2.60. The standard InChI is InChI=1S/C84H52N2/c1-2-23-53(24-3-1)54-25-20-26-55(51-54)58-27-10-17-43-76(58)85(80-46-22-41-73-81(80)67-34-9-15-39-71(67)83(73)68-36-12-6-29-60(68)61-30-7-13-37-69(61)83)78-50-49-57(59-28-4-5-32-64(59)78)56-47-48-63-62-31-8-14-38-70(62)84(75(63)52-56)72-40-16-19-45-79(72)86-77-44-18-11-33-65(77)66-35-21-42-74(84)82(66)86/h1-52H. The van der Waals surface area contributed by atoms with Crippen LogP contribution in [0.1, 0.15) is 44.5 Å². The Morgan fingerprint density at radius 2 is 0.709 bits per heavy atom. The molecule has 0 amide bonds. The first kappa shape index (κ1) is 47.4. The summed E-state index contributed by atoms with van der Waals surface area (Å²) in [5.74, 6) is 0. The zero-order valence-electron chi connectivity index (χ0n) is 46.9. The average molecular weight is 1090 g/mol. The summed E-state index contributed by atoms with van der Waals surface area (Å²) in [5, 5.41) is 4.92. The van der Waals surface area contributed by atoms with Gasteiger partial charge in [-0.25, -0.2) is 0 Å². The van der Waals surface area contributed by atoms with Crippen LogP contribution in [0.2, 0.25) is 0 Å². The second-order valence-corrected chi connectivity index (χ2v) is 23.7. The van der Waals surface area contributed by atoms with Crippen LogP contribution < -0.4 is 4.90 Å². The lowest BCUT2D eigenvalue weighted by Gasteiger charge is -2.39. The molecule has 1 unspecified atom stereocenters. The maximum atomic E-state index is 2.60. The lowest BCUT2D eigenvalue weighted by molar-refractivity contribution is 0.749. The van der Waals surface area contributed by atoms with Gasteiger partial charge in [-0.1, -0.05) is 273 Å². The van der Waals surface area contributed by atoms with E-state index in [0.717, 1.165) is 28.2 Å². The van der Waals surface area contributed by atoms with Crippen molar-refractivity contribution < 1.29 is 0 Å². The summed E-state index contributed by atoms with van der Waals surface area (Å²) < 4.78 is 2.53. The molecule has 1 atom stereocenters. The largest absolute Gasteiger partial charge is 0.309 e. The second-order valence-electron chi connectivity index (χ2n) is 23.7. The van der Waals surface area contributed by atoms with Crippen molar-refractivity contribution in [2.75, 3.05) is 4.90 Å². The topological polar surface area (TPSA) is 8.17 Å². The second kappa shape index (κ2) is 17.7. The van der Waals surface area contributed by atoms with Crippen molar-refractivity contribution in [3.05, 3.63) is 360 Å². The van der Waals surface area contributed by atoms with Gasteiger partial charge in [-0.2, -0.15) is 0 Å². The van der Waals surface area contributed by atoms with E-state index in [4.69, 9.17) is 0 Å². The van der Waals surface area contributed by atoms with Gasteiger partial charge < -0.3 is 9.47 Å². The SMILES string of the molecule is c1ccc(-c2cccc(-c3ccccc3N(c3cccc4c3-c3ccccc3C43c4ccccc4-c4ccccc43)c3ccc(-c4ccc5c(c4)C4(c6ccccc6-5)c5ccccc5-n5c6ccccc6c6cccc4c65)c4ccccc34)c2)cc1. The Morgan fingerprint density at radius 3 is 1.47 bits per heavy atom. The number of fused-ring (bicyclic) bond motifs is 23. The molecular weight excluding hydrogens is 1040 g/mol. The third kappa shape index (κ3) is 6.09. The molecule has 398 valence electrons. The molecule has 0 fully saturated rings. The summed E-state index contributed by atoms with van der Waals surface area (Å²) in [7, 11) is 0. The Morgan fingerprint density at radius 1 is 0.233 bits per heavy atom. The minimum atomic E-state index is -0.571. The van der Waals surface area contributed by atoms with Crippen LogP contribution in [0.5, 0.6) is 0 Å². The van der Waals surface area contributed by atoms with E-state index in [0.29, 0.717) is 0 Å². The molecule has 2 spiro atoms. The third-order valence-corrected chi connectivity index (χ3v) is 19.8.